The lowest BCUT2D eigenvalue weighted by atomic mass is 10.1. The van der Waals surface area contributed by atoms with Crippen molar-refractivity contribution in [2.45, 2.75) is 6.54 Å². The highest BCUT2D eigenvalue weighted by Crippen LogP contribution is 2.22. The molecule has 0 bridgehead atoms. The van der Waals surface area contributed by atoms with Crippen molar-refractivity contribution in [3.05, 3.63) is 65.9 Å². The van der Waals surface area contributed by atoms with Crippen LogP contribution in [0.3, 0.4) is 0 Å². The lowest BCUT2D eigenvalue weighted by Gasteiger charge is -1.99. The first-order valence-corrected chi connectivity index (χ1v) is 7.45. The molecule has 2 aromatic carbocycles. The Hall–Kier alpha value is -3.42. The van der Waals surface area contributed by atoms with Gasteiger partial charge in [0.25, 0.3) is 0 Å². The Kier molecular flexibility index (Phi) is 3.57. The van der Waals surface area contributed by atoms with Crippen molar-refractivity contribution < 1.29 is 13.6 Å². The van der Waals surface area contributed by atoms with Crippen LogP contribution >= 0.6 is 0 Å². The quantitative estimate of drug-likeness (QED) is 0.580. The van der Waals surface area contributed by atoms with Crippen LogP contribution in [0, 0.1) is 11.6 Å². The number of carbonyl (C=O) groups is 1. The SMILES string of the molecule is O=C(Cn1nnc(-c2c(F)cccc2F)n1)c1c[nH]c2ccccc12. The lowest BCUT2D eigenvalue weighted by Crippen LogP contribution is -2.13. The van der Waals surface area contributed by atoms with Crippen LogP contribution in [0.5, 0.6) is 0 Å². The minimum absolute atomic E-state index is 0.190. The fourth-order valence-electron chi connectivity index (χ4n) is 2.64. The maximum Gasteiger partial charge on any atom is 0.210 e. The van der Waals surface area contributed by atoms with Crippen molar-refractivity contribution in [3.63, 3.8) is 0 Å². The van der Waals surface area contributed by atoms with Crippen molar-refractivity contribution in [3.8, 4) is 11.4 Å². The smallest absolute Gasteiger partial charge is 0.210 e. The van der Waals surface area contributed by atoms with Crippen LogP contribution in [0.1, 0.15) is 10.4 Å². The van der Waals surface area contributed by atoms with E-state index in [0.717, 1.165) is 27.8 Å². The third-order valence-electron chi connectivity index (χ3n) is 3.81. The summed E-state index contributed by atoms with van der Waals surface area (Å²) in [7, 11) is 0. The van der Waals surface area contributed by atoms with E-state index >= 15 is 0 Å². The summed E-state index contributed by atoms with van der Waals surface area (Å²) in [5.74, 6) is -2.03. The molecule has 124 valence electrons. The summed E-state index contributed by atoms with van der Waals surface area (Å²) >= 11 is 0. The number of carbonyl (C=O) groups excluding carboxylic acids is 1. The van der Waals surface area contributed by atoms with Gasteiger partial charge in [-0.3, -0.25) is 4.79 Å². The first-order valence-electron chi connectivity index (χ1n) is 7.45. The van der Waals surface area contributed by atoms with Gasteiger partial charge in [0.15, 0.2) is 5.78 Å². The van der Waals surface area contributed by atoms with Gasteiger partial charge >= 0.3 is 0 Å². The molecule has 6 nitrogen and oxygen atoms in total. The number of aromatic amines is 1. The second kappa shape index (κ2) is 5.90. The number of nitrogens with zero attached hydrogens (tertiary/aromatic N) is 4. The molecule has 25 heavy (non-hydrogen) atoms. The van der Waals surface area contributed by atoms with Crippen LogP contribution in [0.2, 0.25) is 0 Å². The van der Waals surface area contributed by atoms with Crippen molar-refractivity contribution in [1.29, 1.82) is 0 Å². The summed E-state index contributed by atoms with van der Waals surface area (Å²) in [6.45, 7) is -0.190. The Morgan fingerprint density at radius 3 is 2.64 bits per heavy atom. The zero-order chi connectivity index (χ0) is 17.4. The van der Waals surface area contributed by atoms with Crippen molar-refractivity contribution >= 4 is 16.7 Å². The van der Waals surface area contributed by atoms with Gasteiger partial charge in [-0.05, 0) is 23.4 Å². The van der Waals surface area contributed by atoms with Crippen LogP contribution < -0.4 is 0 Å². The highest BCUT2D eigenvalue weighted by Gasteiger charge is 2.18. The molecule has 1 N–H and O–H groups in total. The van der Waals surface area contributed by atoms with Gasteiger partial charge in [-0.15, -0.1) is 10.2 Å². The normalized spacial score (nSPS) is 11.1. The molecule has 0 aliphatic carbocycles. The highest BCUT2D eigenvalue weighted by atomic mass is 19.1. The van der Waals surface area contributed by atoms with Gasteiger partial charge in [0.2, 0.25) is 5.82 Å². The van der Waals surface area contributed by atoms with Gasteiger partial charge in [-0.25, -0.2) is 8.78 Å². The van der Waals surface area contributed by atoms with Gasteiger partial charge < -0.3 is 4.98 Å². The Morgan fingerprint density at radius 1 is 1.08 bits per heavy atom. The van der Waals surface area contributed by atoms with E-state index in [2.05, 4.69) is 20.4 Å². The van der Waals surface area contributed by atoms with Crippen molar-refractivity contribution in [2.75, 3.05) is 0 Å². The molecule has 0 saturated carbocycles. The number of H-pyrrole nitrogens is 1. The van der Waals surface area contributed by atoms with Crippen LogP contribution in [-0.2, 0) is 6.54 Å². The number of ketones is 1. The summed E-state index contributed by atoms with van der Waals surface area (Å²) < 4.78 is 27.6. The third kappa shape index (κ3) is 2.67. The summed E-state index contributed by atoms with van der Waals surface area (Å²) in [5.41, 5.74) is 0.964. The Balaban J connectivity index is 1.62. The molecule has 0 aliphatic rings. The maximum absolute atomic E-state index is 13.8. The molecule has 0 spiro atoms. The molecule has 4 aromatic rings. The van der Waals surface area contributed by atoms with E-state index in [0.29, 0.717) is 5.56 Å². The third-order valence-corrected chi connectivity index (χ3v) is 3.81. The molecule has 2 heterocycles. The van der Waals surface area contributed by atoms with E-state index in [9.17, 15) is 13.6 Å². The number of fused-ring (bicyclic) bond motifs is 1. The minimum atomic E-state index is -0.789. The molecule has 0 atom stereocenters. The molecule has 0 aliphatic heterocycles. The number of tetrazole rings is 1. The van der Waals surface area contributed by atoms with E-state index in [1.165, 1.54) is 6.07 Å². The predicted molar refractivity (Wildman–Crippen MR) is 85.8 cm³/mol. The molecule has 4 rings (SSSR count). The van der Waals surface area contributed by atoms with Crippen LogP contribution in [0.25, 0.3) is 22.3 Å². The van der Waals surface area contributed by atoms with E-state index in [1.807, 2.05) is 24.3 Å². The standard InChI is InChI=1S/C17H11F2N5O/c18-12-5-3-6-13(19)16(12)17-21-23-24(22-17)9-15(25)11-8-20-14-7-2-1-4-10(11)14/h1-8,20H,9H2. The number of aromatic nitrogens is 5. The Bertz CT molecular complexity index is 1070. The fourth-order valence-corrected chi connectivity index (χ4v) is 2.64. The molecule has 2 aromatic heterocycles. The molecular weight excluding hydrogens is 328 g/mol. The van der Waals surface area contributed by atoms with Gasteiger partial charge in [-0.2, -0.15) is 4.80 Å². The molecule has 0 saturated heterocycles. The first kappa shape index (κ1) is 15.1. The number of rotatable bonds is 4. The number of halogens is 2. The van der Waals surface area contributed by atoms with Gasteiger partial charge in [0.05, 0.1) is 5.56 Å². The van der Waals surface area contributed by atoms with E-state index in [-0.39, 0.29) is 23.7 Å². The topological polar surface area (TPSA) is 76.5 Å². The summed E-state index contributed by atoms with van der Waals surface area (Å²) in [5, 5.41) is 12.1. The Labute approximate surface area is 140 Å². The average molecular weight is 339 g/mol. The summed E-state index contributed by atoms with van der Waals surface area (Å²) in [6, 6.07) is 10.8. The lowest BCUT2D eigenvalue weighted by molar-refractivity contribution is 0.0963. The van der Waals surface area contributed by atoms with Crippen LogP contribution in [0.4, 0.5) is 8.78 Å². The molecular formula is C17H11F2N5O. The second-order valence-corrected chi connectivity index (χ2v) is 5.41. The van der Waals surface area contributed by atoms with E-state index < -0.39 is 11.6 Å². The van der Waals surface area contributed by atoms with Gasteiger partial charge in [0.1, 0.15) is 18.2 Å². The highest BCUT2D eigenvalue weighted by molar-refractivity contribution is 6.07. The number of hydrogen-bond acceptors (Lipinski definition) is 4. The zero-order valence-corrected chi connectivity index (χ0v) is 12.8. The van der Waals surface area contributed by atoms with Crippen LogP contribution in [-0.4, -0.2) is 31.0 Å². The average Bonchev–Trinajstić information content (AvgIpc) is 3.21. The van der Waals surface area contributed by atoms with Gasteiger partial charge in [0, 0.05) is 22.7 Å². The van der Waals surface area contributed by atoms with Crippen molar-refractivity contribution in [1.82, 2.24) is 25.2 Å². The number of benzene rings is 2. The largest absolute Gasteiger partial charge is 0.360 e. The predicted octanol–water partition coefficient (Wildman–Crippen LogP) is 2.98. The number of nitrogens with one attached hydrogen (secondary N) is 1. The molecule has 0 fully saturated rings. The molecule has 0 amide bonds. The van der Waals surface area contributed by atoms with E-state index in [4.69, 9.17) is 0 Å². The van der Waals surface area contributed by atoms with E-state index in [1.54, 1.807) is 6.20 Å². The summed E-state index contributed by atoms with van der Waals surface area (Å²) in [4.78, 5) is 16.5. The monoisotopic (exact) mass is 339 g/mol. The fraction of sp³-hybridized carbons (Fsp3) is 0.0588. The molecule has 8 heteroatoms. The van der Waals surface area contributed by atoms with Crippen molar-refractivity contribution in [2.24, 2.45) is 0 Å². The van der Waals surface area contributed by atoms with Gasteiger partial charge in [-0.1, -0.05) is 24.3 Å². The molecule has 0 radical (unpaired) electrons. The zero-order valence-electron chi connectivity index (χ0n) is 12.8. The van der Waals surface area contributed by atoms with Crippen LogP contribution in [0.15, 0.2) is 48.7 Å². The number of hydrogen-bond donors (Lipinski definition) is 1. The number of para-hydroxylation sites is 1. The second-order valence-electron chi connectivity index (χ2n) is 5.41. The first-order chi connectivity index (χ1) is 12.1. The Morgan fingerprint density at radius 2 is 1.84 bits per heavy atom. The summed E-state index contributed by atoms with van der Waals surface area (Å²) in [6.07, 6.45) is 1.61. The maximum atomic E-state index is 13.8. The minimum Gasteiger partial charge on any atom is -0.360 e. The molecule has 0 unspecified atom stereocenters. The number of Topliss-reactive ketones (excluding diaryl/α,β-unsaturated/α-hetero) is 1.